The third-order valence-corrected chi connectivity index (χ3v) is 7.11. The lowest BCUT2D eigenvalue weighted by atomic mass is 9.80. The van der Waals surface area contributed by atoms with Gasteiger partial charge in [-0.15, -0.1) is 0 Å². The fourth-order valence-electron chi connectivity index (χ4n) is 5.04. The van der Waals surface area contributed by atoms with Crippen molar-refractivity contribution in [2.24, 2.45) is 5.92 Å². The molecule has 31 heavy (non-hydrogen) atoms. The second kappa shape index (κ2) is 10.0. The van der Waals surface area contributed by atoms with Gasteiger partial charge in [0.15, 0.2) is 12.0 Å². The number of hydroxylamine groups is 2. The van der Waals surface area contributed by atoms with Crippen LogP contribution in [0.25, 0.3) is 0 Å². The highest BCUT2D eigenvalue weighted by Crippen LogP contribution is 2.32. The van der Waals surface area contributed by atoms with Gasteiger partial charge in [0.2, 0.25) is 0 Å². The van der Waals surface area contributed by atoms with Crippen molar-refractivity contribution in [3.63, 3.8) is 0 Å². The molecule has 5 nitrogen and oxygen atoms in total. The summed E-state index contributed by atoms with van der Waals surface area (Å²) in [6.07, 6.45) is 4.29. The fraction of sp³-hybridized carbons (Fsp3) is 0.500. The number of rotatable bonds is 7. The molecule has 4 rings (SSSR count). The molecule has 1 saturated heterocycles. The monoisotopic (exact) mass is 422 g/mol. The number of piperidine rings is 1. The van der Waals surface area contributed by atoms with Gasteiger partial charge in [0, 0.05) is 18.5 Å². The quantitative estimate of drug-likeness (QED) is 0.536. The van der Waals surface area contributed by atoms with Crippen LogP contribution in [0.4, 0.5) is 0 Å². The van der Waals surface area contributed by atoms with Gasteiger partial charge < -0.3 is 10.0 Å². The zero-order chi connectivity index (χ0) is 21.8. The molecule has 1 N–H and O–H groups in total. The molecular weight excluding hydrogens is 388 g/mol. The first kappa shape index (κ1) is 22.2. The van der Waals surface area contributed by atoms with Gasteiger partial charge in [0.1, 0.15) is 0 Å². The van der Waals surface area contributed by atoms with Crippen LogP contribution in [0.2, 0.25) is 0 Å². The van der Waals surface area contributed by atoms with E-state index in [1.54, 1.807) is 7.05 Å². The summed E-state index contributed by atoms with van der Waals surface area (Å²) in [5.74, 6) is 1.04. The Morgan fingerprint density at radius 2 is 1.87 bits per heavy atom. The highest BCUT2D eigenvalue weighted by molar-refractivity contribution is 6.00. The van der Waals surface area contributed by atoms with Crippen LogP contribution in [0, 0.1) is 5.92 Å². The number of aliphatic hydroxyl groups is 1. The summed E-state index contributed by atoms with van der Waals surface area (Å²) in [4.78, 5) is 20.7. The SMILES string of the molecule is CON(C)C(O)c1ccc2c(c1)CCC(CCN1CCC(c3ccccc3)CC1)C2=O. The molecule has 1 aliphatic carbocycles. The van der Waals surface area contributed by atoms with Crippen molar-refractivity contribution >= 4 is 5.78 Å². The van der Waals surface area contributed by atoms with Gasteiger partial charge in [-0.3, -0.25) is 9.63 Å². The van der Waals surface area contributed by atoms with Crippen molar-refractivity contribution in [1.82, 2.24) is 9.96 Å². The normalized spacial score (nSPS) is 21.3. The summed E-state index contributed by atoms with van der Waals surface area (Å²) < 4.78 is 0. The van der Waals surface area contributed by atoms with Crippen LogP contribution < -0.4 is 0 Å². The maximum atomic E-state index is 13.1. The topological polar surface area (TPSA) is 53.0 Å². The zero-order valence-electron chi connectivity index (χ0n) is 18.7. The van der Waals surface area contributed by atoms with Crippen molar-refractivity contribution in [2.45, 2.75) is 44.2 Å². The van der Waals surface area contributed by atoms with E-state index in [9.17, 15) is 9.90 Å². The Hall–Kier alpha value is -2.05. The summed E-state index contributed by atoms with van der Waals surface area (Å²) >= 11 is 0. The van der Waals surface area contributed by atoms with Crippen molar-refractivity contribution in [1.29, 1.82) is 0 Å². The molecule has 1 aliphatic heterocycles. The standard InChI is InChI=1S/C26H34N2O3/c1-27(31-2)26(30)23-10-11-24-22(18-23)9-8-21(25(24)29)14-17-28-15-12-20(13-16-28)19-6-4-3-5-7-19/h3-7,10-11,18,20-21,26,30H,8-9,12-17H2,1-2H3. The van der Waals surface area contributed by atoms with E-state index in [1.807, 2.05) is 18.2 Å². The highest BCUT2D eigenvalue weighted by atomic mass is 16.7. The molecular formula is C26H34N2O3. The van der Waals surface area contributed by atoms with Crippen LogP contribution in [0.3, 0.4) is 0 Å². The Morgan fingerprint density at radius 1 is 1.13 bits per heavy atom. The lowest BCUT2D eigenvalue weighted by Gasteiger charge is -2.33. The first-order valence-corrected chi connectivity index (χ1v) is 11.5. The van der Waals surface area contributed by atoms with Crippen molar-refractivity contribution in [3.05, 3.63) is 70.8 Å². The highest BCUT2D eigenvalue weighted by Gasteiger charge is 2.29. The van der Waals surface area contributed by atoms with E-state index in [0.717, 1.165) is 55.6 Å². The minimum absolute atomic E-state index is 0.108. The average Bonchev–Trinajstić information content (AvgIpc) is 2.83. The molecule has 2 atom stereocenters. The van der Waals surface area contributed by atoms with Gasteiger partial charge in [-0.05, 0) is 74.3 Å². The van der Waals surface area contributed by atoms with E-state index in [2.05, 4.69) is 35.2 Å². The van der Waals surface area contributed by atoms with Gasteiger partial charge in [-0.1, -0.05) is 48.5 Å². The molecule has 2 unspecified atom stereocenters. The lowest BCUT2D eigenvalue weighted by Crippen LogP contribution is -2.35. The molecule has 0 bridgehead atoms. The predicted molar refractivity (Wildman–Crippen MR) is 122 cm³/mol. The Balaban J connectivity index is 1.30. The molecule has 5 heteroatoms. The van der Waals surface area contributed by atoms with E-state index in [-0.39, 0.29) is 11.7 Å². The summed E-state index contributed by atoms with van der Waals surface area (Å²) in [6.45, 7) is 3.24. The molecule has 0 aromatic heterocycles. The molecule has 0 spiro atoms. The predicted octanol–water partition coefficient (Wildman–Crippen LogP) is 4.19. The third kappa shape index (κ3) is 5.07. The number of carbonyl (C=O) groups is 1. The number of Topliss-reactive ketones (excluding diaryl/α,β-unsaturated/α-hetero) is 1. The second-order valence-corrected chi connectivity index (χ2v) is 8.93. The molecule has 166 valence electrons. The van der Waals surface area contributed by atoms with E-state index in [1.165, 1.54) is 30.6 Å². The lowest BCUT2D eigenvalue weighted by molar-refractivity contribution is -0.206. The van der Waals surface area contributed by atoms with Crippen LogP contribution >= 0.6 is 0 Å². The molecule has 0 saturated carbocycles. The number of nitrogens with zero attached hydrogens (tertiary/aromatic N) is 2. The maximum Gasteiger partial charge on any atom is 0.166 e. The number of benzene rings is 2. The number of likely N-dealkylation sites (tertiary alicyclic amines) is 1. The van der Waals surface area contributed by atoms with Gasteiger partial charge in [-0.25, -0.2) is 0 Å². The molecule has 1 heterocycles. The zero-order valence-corrected chi connectivity index (χ0v) is 18.7. The number of fused-ring (bicyclic) bond motifs is 1. The molecule has 0 amide bonds. The van der Waals surface area contributed by atoms with Crippen LogP contribution in [0.1, 0.15) is 64.9 Å². The summed E-state index contributed by atoms with van der Waals surface area (Å²) in [6, 6.07) is 16.5. The van der Waals surface area contributed by atoms with Gasteiger partial charge in [0.05, 0.1) is 7.11 Å². The van der Waals surface area contributed by atoms with Crippen molar-refractivity contribution < 1.29 is 14.7 Å². The van der Waals surface area contributed by atoms with E-state index >= 15 is 0 Å². The van der Waals surface area contributed by atoms with Crippen molar-refractivity contribution in [3.8, 4) is 0 Å². The van der Waals surface area contributed by atoms with Crippen LogP contribution in [-0.4, -0.2) is 54.6 Å². The molecule has 2 aromatic carbocycles. The summed E-state index contributed by atoms with van der Waals surface area (Å²) in [5, 5.41) is 11.7. The van der Waals surface area contributed by atoms with Gasteiger partial charge >= 0.3 is 0 Å². The molecule has 1 fully saturated rings. The summed E-state index contributed by atoms with van der Waals surface area (Å²) in [5.41, 5.74) is 4.10. The van der Waals surface area contributed by atoms with Gasteiger partial charge in [0.25, 0.3) is 0 Å². The van der Waals surface area contributed by atoms with Crippen LogP contribution in [-0.2, 0) is 11.3 Å². The van der Waals surface area contributed by atoms with Crippen LogP contribution in [0.5, 0.6) is 0 Å². The van der Waals surface area contributed by atoms with Crippen molar-refractivity contribution in [2.75, 3.05) is 33.8 Å². The fourth-order valence-corrected chi connectivity index (χ4v) is 5.04. The number of hydrogen-bond donors (Lipinski definition) is 1. The maximum absolute atomic E-state index is 13.1. The minimum Gasteiger partial charge on any atom is -0.372 e. The molecule has 2 aliphatic rings. The Labute approximate surface area is 185 Å². The summed E-state index contributed by atoms with van der Waals surface area (Å²) in [7, 11) is 3.22. The average molecular weight is 423 g/mol. The third-order valence-electron chi connectivity index (χ3n) is 7.11. The van der Waals surface area contributed by atoms with E-state index in [0.29, 0.717) is 5.92 Å². The number of aryl methyl sites for hydroxylation is 1. The first-order chi connectivity index (χ1) is 15.1. The molecule has 2 aromatic rings. The number of ketones is 1. The Morgan fingerprint density at radius 3 is 2.58 bits per heavy atom. The Bertz CT molecular complexity index is 877. The number of aliphatic hydroxyl groups excluding tert-OH is 1. The second-order valence-electron chi connectivity index (χ2n) is 8.93. The smallest absolute Gasteiger partial charge is 0.166 e. The number of carbonyl (C=O) groups excluding carboxylic acids is 1. The number of hydrogen-bond acceptors (Lipinski definition) is 5. The van der Waals surface area contributed by atoms with Crippen LogP contribution in [0.15, 0.2) is 48.5 Å². The van der Waals surface area contributed by atoms with E-state index < -0.39 is 6.23 Å². The minimum atomic E-state index is -0.832. The Kier molecular flexibility index (Phi) is 7.18. The van der Waals surface area contributed by atoms with Gasteiger partial charge in [-0.2, -0.15) is 5.06 Å². The van der Waals surface area contributed by atoms with E-state index in [4.69, 9.17) is 4.84 Å². The largest absolute Gasteiger partial charge is 0.372 e. The first-order valence-electron chi connectivity index (χ1n) is 11.5. The molecule has 0 radical (unpaired) electrons.